The fourth-order valence-corrected chi connectivity index (χ4v) is 4.40. The summed E-state index contributed by atoms with van der Waals surface area (Å²) in [4.78, 5) is 28.4. The van der Waals surface area contributed by atoms with Crippen LogP contribution >= 0.6 is 11.5 Å². The Balaban J connectivity index is 1.67. The number of benzene rings is 1. The first-order chi connectivity index (χ1) is 15.1. The van der Waals surface area contributed by atoms with Gasteiger partial charge in [0.2, 0.25) is 0 Å². The zero-order chi connectivity index (χ0) is 21.6. The molecule has 2 aromatic heterocycles. The molecule has 2 heterocycles. The molecule has 0 spiro atoms. The van der Waals surface area contributed by atoms with Gasteiger partial charge in [0.25, 0.3) is 11.8 Å². The Labute approximate surface area is 185 Å². The summed E-state index contributed by atoms with van der Waals surface area (Å²) in [5.41, 5.74) is 2.27. The highest BCUT2D eigenvalue weighted by Crippen LogP contribution is 2.27. The molecule has 0 unspecified atom stereocenters. The molecular formula is C23H26N4O3S. The van der Waals surface area contributed by atoms with Crippen molar-refractivity contribution >= 4 is 23.3 Å². The molecule has 1 fully saturated rings. The lowest BCUT2D eigenvalue weighted by atomic mass is 9.95. The third-order valence-electron chi connectivity index (χ3n) is 5.64. The van der Waals surface area contributed by atoms with Crippen LogP contribution in [0.4, 0.5) is 0 Å². The van der Waals surface area contributed by atoms with E-state index in [2.05, 4.69) is 14.9 Å². The lowest BCUT2D eigenvalue weighted by Crippen LogP contribution is -2.46. The molecule has 1 saturated carbocycles. The average molecular weight is 439 g/mol. The van der Waals surface area contributed by atoms with Crippen molar-refractivity contribution in [2.45, 2.75) is 57.7 Å². The number of nitrogens with one attached hydrogen (secondary N) is 1. The molecule has 31 heavy (non-hydrogen) atoms. The number of rotatable bonds is 7. The van der Waals surface area contributed by atoms with E-state index in [0.717, 1.165) is 48.3 Å². The predicted octanol–water partition coefficient (Wildman–Crippen LogP) is 4.27. The normalized spacial score (nSPS) is 15.4. The van der Waals surface area contributed by atoms with Crippen LogP contribution in [-0.4, -0.2) is 32.3 Å². The summed E-state index contributed by atoms with van der Waals surface area (Å²) in [6, 6.07) is 10.6. The van der Waals surface area contributed by atoms with Crippen molar-refractivity contribution in [1.29, 1.82) is 0 Å². The molecule has 7 nitrogen and oxygen atoms in total. The summed E-state index contributed by atoms with van der Waals surface area (Å²) in [5, 5.41) is 8.70. The SMILES string of the molecule is Cc1ccc(CN(C(=O)c2csnn2)[C@H](C(=O)NC2CCCCC2)c2ccco2)cc1. The van der Waals surface area contributed by atoms with Crippen molar-refractivity contribution in [3.63, 3.8) is 0 Å². The number of aromatic nitrogens is 2. The van der Waals surface area contributed by atoms with Crippen molar-refractivity contribution in [1.82, 2.24) is 19.8 Å². The minimum Gasteiger partial charge on any atom is -0.467 e. The highest BCUT2D eigenvalue weighted by atomic mass is 32.1. The van der Waals surface area contributed by atoms with E-state index in [4.69, 9.17) is 4.42 Å². The van der Waals surface area contributed by atoms with E-state index < -0.39 is 6.04 Å². The molecular weight excluding hydrogens is 412 g/mol. The minimum atomic E-state index is -0.896. The molecule has 162 valence electrons. The first-order valence-electron chi connectivity index (χ1n) is 10.6. The zero-order valence-electron chi connectivity index (χ0n) is 17.5. The molecule has 0 aliphatic heterocycles. The van der Waals surface area contributed by atoms with Gasteiger partial charge in [-0.2, -0.15) is 0 Å². The molecule has 1 aliphatic carbocycles. The molecule has 3 aromatic rings. The topological polar surface area (TPSA) is 88.3 Å². The van der Waals surface area contributed by atoms with Crippen LogP contribution in [0.25, 0.3) is 0 Å². The number of furan rings is 1. The summed E-state index contributed by atoms with van der Waals surface area (Å²) >= 11 is 1.11. The zero-order valence-corrected chi connectivity index (χ0v) is 18.3. The molecule has 4 rings (SSSR count). The summed E-state index contributed by atoms with van der Waals surface area (Å²) in [7, 11) is 0. The first-order valence-corrected chi connectivity index (χ1v) is 11.4. The van der Waals surface area contributed by atoms with Gasteiger partial charge in [0, 0.05) is 18.0 Å². The van der Waals surface area contributed by atoms with Crippen molar-refractivity contribution < 1.29 is 14.0 Å². The van der Waals surface area contributed by atoms with Crippen molar-refractivity contribution in [3.8, 4) is 0 Å². The van der Waals surface area contributed by atoms with E-state index >= 15 is 0 Å². The molecule has 0 radical (unpaired) electrons. The first kappa shape index (κ1) is 21.2. The number of amides is 2. The van der Waals surface area contributed by atoms with Gasteiger partial charge in [0.15, 0.2) is 11.7 Å². The van der Waals surface area contributed by atoms with E-state index in [1.54, 1.807) is 17.5 Å². The van der Waals surface area contributed by atoms with E-state index in [1.807, 2.05) is 31.2 Å². The quantitative estimate of drug-likeness (QED) is 0.595. The lowest BCUT2D eigenvalue weighted by Gasteiger charge is -2.31. The van der Waals surface area contributed by atoms with Gasteiger partial charge < -0.3 is 14.6 Å². The Kier molecular flexibility index (Phi) is 6.76. The Bertz CT molecular complexity index is 981. The average Bonchev–Trinajstić information content (AvgIpc) is 3.50. The monoisotopic (exact) mass is 438 g/mol. The second-order valence-electron chi connectivity index (χ2n) is 7.97. The number of carbonyl (C=O) groups excluding carboxylic acids is 2. The Morgan fingerprint density at radius 1 is 1.19 bits per heavy atom. The van der Waals surface area contributed by atoms with Gasteiger partial charge in [-0.1, -0.05) is 53.6 Å². The van der Waals surface area contributed by atoms with Gasteiger partial charge >= 0.3 is 0 Å². The fourth-order valence-electron chi connectivity index (χ4n) is 3.97. The lowest BCUT2D eigenvalue weighted by molar-refractivity contribution is -0.127. The van der Waals surface area contributed by atoms with Gasteiger partial charge in [0.1, 0.15) is 5.76 Å². The van der Waals surface area contributed by atoms with Crippen LogP contribution in [0.5, 0.6) is 0 Å². The third kappa shape index (κ3) is 5.19. The van der Waals surface area contributed by atoms with Crippen LogP contribution in [0.15, 0.2) is 52.5 Å². The Morgan fingerprint density at radius 3 is 2.61 bits per heavy atom. The maximum atomic E-state index is 13.5. The van der Waals surface area contributed by atoms with Crippen LogP contribution in [0.1, 0.15) is 65.5 Å². The van der Waals surface area contributed by atoms with Crippen LogP contribution in [0.2, 0.25) is 0 Å². The minimum absolute atomic E-state index is 0.121. The number of carbonyl (C=O) groups is 2. The standard InChI is InChI=1S/C23H26N4O3S/c1-16-9-11-17(12-10-16)14-27(23(29)19-15-31-26-25-19)21(20-8-5-13-30-20)22(28)24-18-6-3-2-4-7-18/h5,8-13,15,18,21H,2-4,6-7,14H2,1H3,(H,24,28)/t21-/m0/s1. The second kappa shape index (κ2) is 9.87. The highest BCUT2D eigenvalue weighted by molar-refractivity contribution is 7.03. The predicted molar refractivity (Wildman–Crippen MR) is 117 cm³/mol. The van der Waals surface area contributed by atoms with Crippen LogP contribution in [0.3, 0.4) is 0 Å². The summed E-state index contributed by atoms with van der Waals surface area (Å²) in [6.07, 6.45) is 6.84. The fraction of sp³-hybridized carbons (Fsp3) is 0.391. The van der Waals surface area contributed by atoms with E-state index in [1.165, 1.54) is 17.6 Å². The summed E-state index contributed by atoms with van der Waals surface area (Å²) in [5.74, 6) is -0.156. The van der Waals surface area contributed by atoms with Crippen molar-refractivity contribution in [3.05, 3.63) is 70.6 Å². The van der Waals surface area contributed by atoms with Crippen molar-refractivity contribution in [2.24, 2.45) is 0 Å². The molecule has 2 amide bonds. The number of hydrogen-bond acceptors (Lipinski definition) is 6. The molecule has 1 N–H and O–H groups in total. The molecule has 1 aromatic carbocycles. The van der Waals surface area contributed by atoms with Crippen molar-refractivity contribution in [2.75, 3.05) is 0 Å². The van der Waals surface area contributed by atoms with E-state index in [9.17, 15) is 9.59 Å². The second-order valence-corrected chi connectivity index (χ2v) is 8.58. The molecule has 0 saturated heterocycles. The maximum Gasteiger partial charge on any atom is 0.276 e. The summed E-state index contributed by atoms with van der Waals surface area (Å²) in [6.45, 7) is 2.26. The van der Waals surface area contributed by atoms with Crippen LogP contribution in [0, 0.1) is 6.92 Å². The van der Waals surface area contributed by atoms with Gasteiger partial charge in [-0.15, -0.1) is 5.10 Å². The molecule has 1 aliphatic rings. The molecule has 8 heteroatoms. The summed E-state index contributed by atoms with van der Waals surface area (Å²) < 4.78 is 9.45. The number of hydrogen-bond donors (Lipinski definition) is 1. The highest BCUT2D eigenvalue weighted by Gasteiger charge is 2.36. The largest absolute Gasteiger partial charge is 0.467 e. The number of nitrogens with zero attached hydrogens (tertiary/aromatic N) is 3. The third-order valence-corrected chi connectivity index (χ3v) is 6.14. The van der Waals surface area contributed by atoms with Crippen LogP contribution < -0.4 is 5.32 Å². The smallest absolute Gasteiger partial charge is 0.276 e. The van der Waals surface area contributed by atoms with Gasteiger partial charge in [-0.25, -0.2) is 0 Å². The Hall–Kier alpha value is -3.00. The van der Waals surface area contributed by atoms with E-state index in [0.29, 0.717) is 5.76 Å². The Morgan fingerprint density at radius 2 is 1.97 bits per heavy atom. The van der Waals surface area contributed by atoms with Gasteiger partial charge in [-0.3, -0.25) is 9.59 Å². The molecule has 0 bridgehead atoms. The number of aryl methyl sites for hydroxylation is 1. The van der Waals surface area contributed by atoms with Crippen LogP contribution in [-0.2, 0) is 11.3 Å². The van der Waals surface area contributed by atoms with Gasteiger partial charge in [-0.05, 0) is 49.0 Å². The molecule has 1 atom stereocenters. The van der Waals surface area contributed by atoms with E-state index in [-0.39, 0.29) is 30.1 Å². The van der Waals surface area contributed by atoms with Gasteiger partial charge in [0.05, 0.1) is 6.26 Å². The maximum absolute atomic E-state index is 13.5.